The average molecular weight is 207 g/mol. The van der Waals surface area contributed by atoms with Crippen molar-refractivity contribution in [3.05, 3.63) is 35.4 Å². The molecule has 4 N–H and O–H groups in total. The molecular formula is C10H13N3O2. The largest absolute Gasteiger partial charge is 0.355 e. The molecule has 0 saturated carbocycles. The molecule has 0 radical (unpaired) electrons. The lowest BCUT2D eigenvalue weighted by molar-refractivity contribution is 0.0946. The lowest BCUT2D eigenvalue weighted by atomic mass is 10.1. The number of hydrogen-bond donors (Lipinski definition) is 3. The topological polar surface area (TPSA) is 84.2 Å². The van der Waals surface area contributed by atoms with Gasteiger partial charge in [0, 0.05) is 18.2 Å². The van der Waals surface area contributed by atoms with Gasteiger partial charge in [0.1, 0.15) is 0 Å². The molecule has 0 heterocycles. The summed E-state index contributed by atoms with van der Waals surface area (Å²) in [5.41, 5.74) is 6.17. The summed E-state index contributed by atoms with van der Waals surface area (Å²) in [5.74, 6) is -0.429. The van der Waals surface area contributed by atoms with Crippen LogP contribution in [0, 0.1) is 0 Å². The normalized spacial score (nSPS) is 9.47. The Labute approximate surface area is 87.7 Å². The molecule has 0 aliphatic heterocycles. The Morgan fingerprint density at radius 2 is 1.60 bits per heavy atom. The van der Waals surface area contributed by atoms with Gasteiger partial charge >= 0.3 is 0 Å². The zero-order valence-corrected chi connectivity index (χ0v) is 8.41. The fourth-order valence-electron chi connectivity index (χ4n) is 1.11. The molecule has 0 unspecified atom stereocenters. The monoisotopic (exact) mass is 207 g/mol. The van der Waals surface area contributed by atoms with Crippen molar-refractivity contribution < 1.29 is 9.59 Å². The summed E-state index contributed by atoms with van der Waals surface area (Å²) in [5, 5.41) is 4.96. The van der Waals surface area contributed by atoms with E-state index >= 15 is 0 Å². The van der Waals surface area contributed by atoms with E-state index in [1.807, 2.05) is 0 Å². The second kappa shape index (κ2) is 5.11. The van der Waals surface area contributed by atoms with Crippen molar-refractivity contribution in [3.63, 3.8) is 0 Å². The highest BCUT2D eigenvalue weighted by atomic mass is 16.2. The molecule has 0 aliphatic carbocycles. The maximum Gasteiger partial charge on any atom is 0.252 e. The highest BCUT2D eigenvalue weighted by molar-refractivity contribution is 5.97. The van der Waals surface area contributed by atoms with Crippen LogP contribution < -0.4 is 16.4 Å². The van der Waals surface area contributed by atoms with Gasteiger partial charge in [-0.2, -0.15) is 0 Å². The Hall–Kier alpha value is -1.88. The van der Waals surface area contributed by atoms with Gasteiger partial charge in [-0.1, -0.05) is 0 Å². The van der Waals surface area contributed by atoms with Gasteiger partial charge < -0.3 is 16.4 Å². The minimum absolute atomic E-state index is 0.0933. The predicted octanol–water partition coefficient (Wildman–Crippen LogP) is -0.308. The van der Waals surface area contributed by atoms with Crippen LogP contribution in [0.25, 0.3) is 0 Å². The number of benzene rings is 1. The van der Waals surface area contributed by atoms with Gasteiger partial charge in [0.05, 0.1) is 6.67 Å². The summed E-state index contributed by atoms with van der Waals surface area (Å²) < 4.78 is 0. The van der Waals surface area contributed by atoms with Crippen molar-refractivity contribution in [3.8, 4) is 0 Å². The second-order valence-electron chi connectivity index (χ2n) is 2.87. The standard InChI is InChI=1S/C10H13N3O2/c1-12-9(14)7-2-4-8(5-3-7)10(15)13-6-11/h2-5H,6,11H2,1H3,(H,12,14)(H,13,15). The molecule has 1 aromatic rings. The number of nitrogens with one attached hydrogen (secondary N) is 2. The molecule has 1 aromatic carbocycles. The van der Waals surface area contributed by atoms with E-state index in [-0.39, 0.29) is 18.5 Å². The Kier molecular flexibility index (Phi) is 3.82. The average Bonchev–Trinajstić information content (AvgIpc) is 2.28. The van der Waals surface area contributed by atoms with Crippen molar-refractivity contribution in [2.75, 3.05) is 13.7 Å². The maximum absolute atomic E-state index is 11.3. The number of amides is 2. The SMILES string of the molecule is CNC(=O)c1ccc(C(=O)NCN)cc1. The Morgan fingerprint density at radius 3 is 2.00 bits per heavy atom. The van der Waals surface area contributed by atoms with Crippen molar-refractivity contribution >= 4 is 11.8 Å². The van der Waals surface area contributed by atoms with Crippen LogP contribution in [-0.4, -0.2) is 25.5 Å². The highest BCUT2D eigenvalue weighted by Gasteiger charge is 2.06. The second-order valence-corrected chi connectivity index (χ2v) is 2.87. The van der Waals surface area contributed by atoms with E-state index < -0.39 is 0 Å². The number of carbonyl (C=O) groups excluding carboxylic acids is 2. The third kappa shape index (κ3) is 2.78. The number of rotatable bonds is 3. The van der Waals surface area contributed by atoms with Crippen molar-refractivity contribution in [1.82, 2.24) is 10.6 Å². The molecule has 5 heteroatoms. The van der Waals surface area contributed by atoms with Gasteiger partial charge in [0.15, 0.2) is 0 Å². The van der Waals surface area contributed by atoms with E-state index in [9.17, 15) is 9.59 Å². The van der Waals surface area contributed by atoms with Crippen LogP contribution in [0.3, 0.4) is 0 Å². The van der Waals surface area contributed by atoms with Gasteiger partial charge in [-0.05, 0) is 24.3 Å². The van der Waals surface area contributed by atoms with E-state index in [2.05, 4.69) is 10.6 Å². The molecule has 80 valence electrons. The van der Waals surface area contributed by atoms with Crippen LogP contribution in [0.2, 0.25) is 0 Å². The lowest BCUT2D eigenvalue weighted by Gasteiger charge is -2.03. The molecule has 1 rings (SSSR count). The molecule has 0 fully saturated rings. The van der Waals surface area contributed by atoms with E-state index in [4.69, 9.17) is 5.73 Å². The summed E-state index contributed by atoms with van der Waals surface area (Å²) in [4.78, 5) is 22.5. The Morgan fingerprint density at radius 1 is 1.13 bits per heavy atom. The first-order chi connectivity index (χ1) is 7.19. The predicted molar refractivity (Wildman–Crippen MR) is 56.4 cm³/mol. The van der Waals surface area contributed by atoms with Gasteiger partial charge in [-0.3, -0.25) is 9.59 Å². The first-order valence-electron chi connectivity index (χ1n) is 4.49. The Bertz CT molecular complexity index is 359. The molecule has 2 amide bonds. The summed E-state index contributed by atoms with van der Waals surface area (Å²) >= 11 is 0. The van der Waals surface area contributed by atoms with Crippen LogP contribution in [0.1, 0.15) is 20.7 Å². The maximum atomic E-state index is 11.3. The molecule has 5 nitrogen and oxygen atoms in total. The molecular weight excluding hydrogens is 194 g/mol. The van der Waals surface area contributed by atoms with Crippen LogP contribution in [0.4, 0.5) is 0 Å². The van der Waals surface area contributed by atoms with Gasteiger partial charge in [-0.25, -0.2) is 0 Å². The van der Waals surface area contributed by atoms with Crippen molar-refractivity contribution in [2.24, 2.45) is 5.73 Å². The molecule has 0 aliphatic rings. The number of nitrogens with two attached hydrogens (primary N) is 1. The van der Waals surface area contributed by atoms with Gasteiger partial charge in [0.2, 0.25) is 0 Å². The third-order valence-electron chi connectivity index (χ3n) is 1.90. The molecule has 0 bridgehead atoms. The van der Waals surface area contributed by atoms with Crippen molar-refractivity contribution in [2.45, 2.75) is 0 Å². The molecule has 0 saturated heterocycles. The van der Waals surface area contributed by atoms with Crippen LogP contribution >= 0.6 is 0 Å². The Balaban J connectivity index is 2.80. The van der Waals surface area contributed by atoms with E-state index in [0.717, 1.165) is 0 Å². The zero-order chi connectivity index (χ0) is 11.3. The van der Waals surface area contributed by atoms with E-state index in [1.165, 1.54) is 0 Å². The minimum Gasteiger partial charge on any atom is -0.355 e. The fraction of sp³-hybridized carbons (Fsp3) is 0.200. The van der Waals surface area contributed by atoms with E-state index in [0.29, 0.717) is 11.1 Å². The quantitative estimate of drug-likeness (QED) is 0.594. The summed E-state index contributed by atoms with van der Waals surface area (Å²) in [6.07, 6.45) is 0. The minimum atomic E-state index is -0.249. The zero-order valence-electron chi connectivity index (χ0n) is 8.41. The highest BCUT2D eigenvalue weighted by Crippen LogP contribution is 2.03. The lowest BCUT2D eigenvalue weighted by Crippen LogP contribution is -2.29. The summed E-state index contributed by atoms with van der Waals surface area (Å²) in [6.45, 7) is 0.0933. The molecule has 0 spiro atoms. The summed E-state index contributed by atoms with van der Waals surface area (Å²) in [7, 11) is 1.55. The number of carbonyl (C=O) groups is 2. The fourth-order valence-corrected chi connectivity index (χ4v) is 1.11. The van der Waals surface area contributed by atoms with Gasteiger partial charge in [0.25, 0.3) is 11.8 Å². The first-order valence-corrected chi connectivity index (χ1v) is 4.49. The van der Waals surface area contributed by atoms with Crippen LogP contribution in [0.15, 0.2) is 24.3 Å². The van der Waals surface area contributed by atoms with Crippen LogP contribution in [-0.2, 0) is 0 Å². The third-order valence-corrected chi connectivity index (χ3v) is 1.90. The molecule has 15 heavy (non-hydrogen) atoms. The molecule has 0 atom stereocenters. The first kappa shape index (κ1) is 11.2. The summed E-state index contributed by atoms with van der Waals surface area (Å²) in [6, 6.07) is 6.33. The van der Waals surface area contributed by atoms with Crippen LogP contribution in [0.5, 0.6) is 0 Å². The molecule has 0 aromatic heterocycles. The smallest absolute Gasteiger partial charge is 0.252 e. The van der Waals surface area contributed by atoms with E-state index in [1.54, 1.807) is 31.3 Å². The van der Waals surface area contributed by atoms with Crippen molar-refractivity contribution in [1.29, 1.82) is 0 Å². The number of hydrogen-bond acceptors (Lipinski definition) is 3. The van der Waals surface area contributed by atoms with Gasteiger partial charge in [-0.15, -0.1) is 0 Å².